The Hall–Kier alpha value is -1.55. The lowest BCUT2D eigenvalue weighted by molar-refractivity contribution is 0.467. The lowest BCUT2D eigenvalue weighted by atomic mass is 10.3. The van der Waals surface area contributed by atoms with Gasteiger partial charge in [-0.2, -0.15) is 5.10 Å². The maximum Gasteiger partial charge on any atom is 0.171 e. The lowest BCUT2D eigenvalue weighted by Gasteiger charge is -2.08. The van der Waals surface area contributed by atoms with Crippen LogP contribution in [0.1, 0.15) is 17.0 Å². The summed E-state index contributed by atoms with van der Waals surface area (Å²) < 4.78 is 7.65. The van der Waals surface area contributed by atoms with E-state index < -0.39 is 0 Å². The van der Waals surface area contributed by atoms with Gasteiger partial charge in [0.05, 0.1) is 17.8 Å². The van der Waals surface area contributed by atoms with E-state index in [2.05, 4.69) is 10.1 Å². The maximum atomic E-state index is 5.85. The molecule has 2 heterocycles. The number of hydrogen-bond acceptors (Lipinski definition) is 3. The van der Waals surface area contributed by atoms with Gasteiger partial charge in [0.15, 0.2) is 5.75 Å². The second-order valence-corrected chi connectivity index (χ2v) is 4.11. The quantitative estimate of drug-likeness (QED) is 0.788. The molecule has 0 spiro atoms. The first-order valence-electron chi connectivity index (χ1n) is 5.30. The predicted octanol–water partition coefficient (Wildman–Crippen LogP) is 2.96. The average molecular weight is 252 g/mol. The number of alkyl halides is 1. The summed E-state index contributed by atoms with van der Waals surface area (Å²) in [5.74, 6) is 1.85. The second kappa shape index (κ2) is 4.75. The molecule has 0 aliphatic rings. The highest BCUT2D eigenvalue weighted by Gasteiger charge is 2.13. The van der Waals surface area contributed by atoms with E-state index in [1.165, 1.54) is 0 Å². The van der Waals surface area contributed by atoms with Gasteiger partial charge in [0.2, 0.25) is 0 Å². The van der Waals surface area contributed by atoms with Crippen LogP contribution in [0.2, 0.25) is 0 Å². The standard InChI is InChI=1S/C12H14ClN3O/c1-8-12(9(2)16(3)15-8)17-11-7-14-5-4-10(11)6-13/h4-5,7H,6H2,1-3H3. The number of halogens is 1. The van der Waals surface area contributed by atoms with Crippen LogP contribution in [0.4, 0.5) is 0 Å². The minimum Gasteiger partial charge on any atom is -0.452 e. The summed E-state index contributed by atoms with van der Waals surface area (Å²) >= 11 is 5.85. The van der Waals surface area contributed by atoms with Crippen LogP contribution in [0.5, 0.6) is 11.5 Å². The van der Waals surface area contributed by atoms with Crippen LogP contribution in [0, 0.1) is 13.8 Å². The van der Waals surface area contributed by atoms with Gasteiger partial charge < -0.3 is 4.74 Å². The van der Waals surface area contributed by atoms with Crippen LogP contribution in [0.25, 0.3) is 0 Å². The van der Waals surface area contributed by atoms with E-state index in [1.54, 1.807) is 17.1 Å². The van der Waals surface area contributed by atoms with Crippen LogP contribution in [0.15, 0.2) is 18.5 Å². The van der Waals surface area contributed by atoms with Gasteiger partial charge in [0, 0.05) is 18.8 Å². The zero-order valence-corrected chi connectivity index (χ0v) is 10.8. The van der Waals surface area contributed by atoms with Crippen molar-refractivity contribution in [3.63, 3.8) is 0 Å². The molecule has 0 bridgehead atoms. The number of rotatable bonds is 3. The fraction of sp³-hybridized carbons (Fsp3) is 0.333. The Balaban J connectivity index is 2.38. The van der Waals surface area contributed by atoms with Gasteiger partial charge in [-0.3, -0.25) is 9.67 Å². The largest absolute Gasteiger partial charge is 0.452 e. The smallest absolute Gasteiger partial charge is 0.171 e. The Bertz CT molecular complexity index is 537. The molecule has 0 amide bonds. The zero-order valence-electron chi connectivity index (χ0n) is 10.1. The zero-order chi connectivity index (χ0) is 12.4. The first-order valence-corrected chi connectivity index (χ1v) is 5.84. The third-order valence-electron chi connectivity index (χ3n) is 2.67. The first kappa shape index (κ1) is 11.9. The molecule has 0 saturated carbocycles. The molecule has 0 aliphatic heterocycles. The highest BCUT2D eigenvalue weighted by atomic mass is 35.5. The van der Waals surface area contributed by atoms with Crippen molar-refractivity contribution in [2.45, 2.75) is 19.7 Å². The Labute approximate surface area is 105 Å². The Morgan fingerprint density at radius 3 is 2.76 bits per heavy atom. The van der Waals surface area contributed by atoms with E-state index in [9.17, 15) is 0 Å². The van der Waals surface area contributed by atoms with E-state index in [1.807, 2.05) is 27.0 Å². The number of hydrogen-bond donors (Lipinski definition) is 0. The highest BCUT2D eigenvalue weighted by molar-refractivity contribution is 6.17. The van der Waals surface area contributed by atoms with Crippen LogP contribution >= 0.6 is 11.6 Å². The van der Waals surface area contributed by atoms with Gasteiger partial charge in [0.1, 0.15) is 11.4 Å². The third kappa shape index (κ3) is 2.26. The number of ether oxygens (including phenoxy) is 1. The molecular formula is C12H14ClN3O. The van der Waals surface area contributed by atoms with Crippen LogP contribution in [0.3, 0.4) is 0 Å². The van der Waals surface area contributed by atoms with E-state index in [4.69, 9.17) is 16.3 Å². The van der Waals surface area contributed by atoms with Crippen molar-refractivity contribution in [2.75, 3.05) is 0 Å². The normalized spacial score (nSPS) is 10.6. The Morgan fingerprint density at radius 2 is 2.18 bits per heavy atom. The molecule has 5 heteroatoms. The lowest BCUT2D eigenvalue weighted by Crippen LogP contribution is -1.94. The van der Waals surface area contributed by atoms with Crippen LogP contribution in [-0.4, -0.2) is 14.8 Å². The van der Waals surface area contributed by atoms with Gasteiger partial charge in [-0.25, -0.2) is 0 Å². The van der Waals surface area contributed by atoms with Gasteiger partial charge >= 0.3 is 0 Å². The van der Waals surface area contributed by atoms with Crippen molar-refractivity contribution in [3.05, 3.63) is 35.4 Å². The first-order chi connectivity index (χ1) is 8.13. The topological polar surface area (TPSA) is 39.9 Å². The van der Waals surface area contributed by atoms with Gasteiger partial charge in [-0.15, -0.1) is 11.6 Å². The summed E-state index contributed by atoms with van der Waals surface area (Å²) in [4.78, 5) is 4.04. The van der Waals surface area contributed by atoms with Crippen molar-refractivity contribution in [1.29, 1.82) is 0 Å². The molecule has 0 radical (unpaired) electrons. The molecule has 0 atom stereocenters. The molecule has 0 fully saturated rings. The van der Waals surface area contributed by atoms with Crippen molar-refractivity contribution in [2.24, 2.45) is 7.05 Å². The molecule has 2 aromatic heterocycles. The number of nitrogens with zero attached hydrogens (tertiary/aromatic N) is 3. The predicted molar refractivity (Wildman–Crippen MR) is 66.6 cm³/mol. The van der Waals surface area contributed by atoms with Crippen molar-refractivity contribution >= 4 is 11.6 Å². The molecule has 2 rings (SSSR count). The summed E-state index contributed by atoms with van der Waals surface area (Å²) in [6, 6.07) is 1.85. The summed E-state index contributed by atoms with van der Waals surface area (Å²) in [7, 11) is 1.89. The van der Waals surface area contributed by atoms with Crippen LogP contribution < -0.4 is 4.74 Å². The maximum absolute atomic E-state index is 5.85. The minimum absolute atomic E-state index is 0.399. The Morgan fingerprint density at radius 1 is 1.41 bits per heavy atom. The fourth-order valence-electron chi connectivity index (χ4n) is 1.62. The number of aryl methyl sites for hydroxylation is 2. The monoisotopic (exact) mass is 251 g/mol. The summed E-state index contributed by atoms with van der Waals surface area (Å²) in [5, 5.41) is 4.30. The van der Waals surface area contributed by atoms with Crippen molar-refractivity contribution in [3.8, 4) is 11.5 Å². The number of aromatic nitrogens is 3. The van der Waals surface area contributed by atoms with E-state index in [-0.39, 0.29) is 0 Å². The summed E-state index contributed by atoms with van der Waals surface area (Å²) in [5.41, 5.74) is 2.76. The highest BCUT2D eigenvalue weighted by Crippen LogP contribution is 2.30. The van der Waals surface area contributed by atoms with Gasteiger partial charge in [-0.1, -0.05) is 0 Å². The molecular weight excluding hydrogens is 238 g/mol. The van der Waals surface area contributed by atoms with Crippen molar-refractivity contribution in [1.82, 2.24) is 14.8 Å². The van der Waals surface area contributed by atoms with Crippen LogP contribution in [-0.2, 0) is 12.9 Å². The fourth-order valence-corrected chi connectivity index (χ4v) is 1.84. The molecule has 0 N–H and O–H groups in total. The third-order valence-corrected chi connectivity index (χ3v) is 2.96. The molecule has 0 saturated heterocycles. The molecule has 17 heavy (non-hydrogen) atoms. The second-order valence-electron chi connectivity index (χ2n) is 3.84. The van der Waals surface area contributed by atoms with E-state index >= 15 is 0 Å². The average Bonchev–Trinajstić information content (AvgIpc) is 2.57. The van der Waals surface area contributed by atoms with E-state index in [0.717, 1.165) is 22.7 Å². The van der Waals surface area contributed by atoms with Gasteiger partial charge in [0.25, 0.3) is 0 Å². The molecule has 0 unspecified atom stereocenters. The minimum atomic E-state index is 0.399. The molecule has 4 nitrogen and oxygen atoms in total. The molecule has 0 aromatic carbocycles. The van der Waals surface area contributed by atoms with Gasteiger partial charge in [-0.05, 0) is 19.9 Å². The summed E-state index contributed by atoms with van der Waals surface area (Å²) in [6.07, 6.45) is 3.37. The molecule has 0 aliphatic carbocycles. The summed E-state index contributed by atoms with van der Waals surface area (Å²) in [6.45, 7) is 3.88. The van der Waals surface area contributed by atoms with E-state index in [0.29, 0.717) is 11.6 Å². The Kier molecular flexibility index (Phi) is 3.33. The SMILES string of the molecule is Cc1nn(C)c(C)c1Oc1cnccc1CCl. The molecule has 90 valence electrons. The number of pyridine rings is 1. The van der Waals surface area contributed by atoms with Crippen molar-refractivity contribution < 1.29 is 4.74 Å². The molecule has 2 aromatic rings.